The Bertz CT molecular complexity index is 1370. The van der Waals surface area contributed by atoms with Crippen LogP contribution in [-0.4, -0.2) is 200 Å². The van der Waals surface area contributed by atoms with Crippen LogP contribution in [0.1, 0.15) is 126 Å². The fraction of sp³-hybridized carbons (Fsp3) is 0.778. The monoisotopic (exact) mass is 1120 g/mol. The summed E-state index contributed by atoms with van der Waals surface area (Å²) < 4.78 is 43.3. The Morgan fingerprint density at radius 2 is 1.05 bits per heavy atom. The maximum Gasteiger partial charge on any atom is 0.234 e. The number of aromatic nitrogens is 4. The van der Waals surface area contributed by atoms with E-state index in [2.05, 4.69) is 62.0 Å². The largest absolute Gasteiger partial charge is 0.474 e. The maximum atomic E-state index is 8.58. The van der Waals surface area contributed by atoms with E-state index in [0.717, 1.165) is 124 Å². The Balaban J connectivity index is -0.000000223. The van der Waals surface area contributed by atoms with Crippen molar-refractivity contribution in [3.8, 4) is 11.8 Å². The smallest absolute Gasteiger partial charge is 0.234 e. The lowest BCUT2D eigenvalue weighted by Crippen LogP contribution is -2.40. The lowest BCUT2D eigenvalue weighted by molar-refractivity contribution is -0.107. The number of carbonyl (C=O) groups excluding carboxylic acids is 2. The number of nitrogens with one attached hydrogen (secondary N) is 3. The average molecular weight is 1120 g/mol. The van der Waals surface area contributed by atoms with Crippen molar-refractivity contribution >= 4 is 24.8 Å². The first kappa shape index (κ1) is 84.9. The number of nitrogens with two attached hydrogens (primary N) is 4. The van der Waals surface area contributed by atoms with Gasteiger partial charge < -0.3 is 96.9 Å². The molecular formula is C54H113N11O13. The van der Waals surface area contributed by atoms with Crippen LogP contribution in [0.2, 0.25) is 0 Å². The molecule has 0 aromatic carbocycles. The zero-order chi connectivity index (χ0) is 60.2. The zero-order valence-corrected chi connectivity index (χ0v) is 50.0. The van der Waals surface area contributed by atoms with E-state index in [1.807, 2.05) is 41.4 Å². The van der Waals surface area contributed by atoms with E-state index in [-0.39, 0.29) is 18.0 Å². The molecule has 0 aliphatic carbocycles. The molecule has 462 valence electrons. The van der Waals surface area contributed by atoms with Gasteiger partial charge in [-0.05, 0) is 77.7 Å². The number of allylic oxidation sites excluding steroid dienone is 1. The number of carbonyl (C=O) groups is 2. The predicted molar refractivity (Wildman–Crippen MR) is 314 cm³/mol. The number of anilines is 2. The van der Waals surface area contributed by atoms with E-state index in [0.29, 0.717) is 109 Å². The van der Waals surface area contributed by atoms with Gasteiger partial charge in [0, 0.05) is 65.5 Å². The van der Waals surface area contributed by atoms with Gasteiger partial charge in [0.05, 0.1) is 96.3 Å². The molecule has 24 heteroatoms. The number of ether oxygens (including phenoxy) is 8. The normalized spacial score (nSPS) is 14.3. The molecule has 78 heavy (non-hydrogen) atoms. The van der Waals surface area contributed by atoms with Crippen LogP contribution < -0.4 is 48.4 Å². The SMILES string of the molecule is C=C(C)NCCCC(N)(CCCC)CCCN.C=O.CC.CC.CCCOCCOCCOc1cncc(NC2CCCOC2)n1.CO.CO.CO.NC=O.NCCOCCOCCOc1cncc(NC2CCCOC2)n1. The number of hydrogen-bond donors (Lipinski definition) is 10. The topological polar surface area (TPSA) is 360 Å². The highest BCUT2D eigenvalue weighted by Gasteiger charge is 2.23. The third kappa shape index (κ3) is 59.2. The van der Waals surface area contributed by atoms with Gasteiger partial charge in [0.1, 0.15) is 31.6 Å². The van der Waals surface area contributed by atoms with Crippen LogP contribution in [0.25, 0.3) is 0 Å². The van der Waals surface area contributed by atoms with Crippen LogP contribution in [0.15, 0.2) is 37.1 Å². The molecular weight excluding hydrogens is 1010 g/mol. The summed E-state index contributed by atoms with van der Waals surface area (Å²) >= 11 is 0. The summed E-state index contributed by atoms with van der Waals surface area (Å²) in [4.78, 5) is 33.6. The van der Waals surface area contributed by atoms with E-state index in [1.54, 1.807) is 24.8 Å². The third-order valence-corrected chi connectivity index (χ3v) is 9.74. The van der Waals surface area contributed by atoms with E-state index in [4.69, 9.17) is 80.0 Å². The molecule has 3 unspecified atom stereocenters. The molecule has 24 nitrogen and oxygen atoms in total. The number of nitrogens with zero attached hydrogens (tertiary/aromatic N) is 4. The minimum absolute atomic E-state index is 0.00780. The number of primary amides is 1. The van der Waals surface area contributed by atoms with Gasteiger partial charge in [-0.25, -0.2) is 0 Å². The quantitative estimate of drug-likeness (QED) is 0.0344. The van der Waals surface area contributed by atoms with Crippen molar-refractivity contribution in [1.82, 2.24) is 25.3 Å². The minimum atomic E-state index is -0.00780. The second-order valence-corrected chi connectivity index (χ2v) is 15.8. The summed E-state index contributed by atoms with van der Waals surface area (Å²) in [5, 5.41) is 30.9. The second-order valence-electron chi connectivity index (χ2n) is 15.8. The summed E-state index contributed by atoms with van der Waals surface area (Å²) in [6.07, 6.45) is 20.0. The van der Waals surface area contributed by atoms with Crippen molar-refractivity contribution in [3.05, 3.63) is 37.1 Å². The number of rotatable bonds is 33. The standard InChI is InChI=1S/C16H27N3O4.C15H26N4O4.C14H31N3.2C2H6.CH3NO.3CH4O.CH2O/c1-2-5-20-7-8-21-9-10-23-16-12-17-11-15(19-16)18-14-4-3-6-22-13-14;16-3-5-20-6-7-21-8-9-23-15-11-17-10-14(19-15)18-13-2-1-4-22-12-13;1-4-5-8-14(16,9-6-11-15)10-7-12-17-13(2)3;2*1-2;2-1-3;4*1-2/h11-12,14H,2-10,13H2,1H3,(H,18,19);10-11,13H,1-9,12,16H2,(H,18,19);17H,2,4-12,15-16H2,1,3H3;2*1-2H3;1H,(H2,2,3);3*2H,1H3;1H2. The van der Waals surface area contributed by atoms with Crippen LogP contribution in [0.5, 0.6) is 11.8 Å². The summed E-state index contributed by atoms with van der Waals surface area (Å²) in [7, 11) is 3.00. The Labute approximate surface area is 470 Å². The highest BCUT2D eigenvalue weighted by molar-refractivity contribution is 5.42. The van der Waals surface area contributed by atoms with Crippen molar-refractivity contribution < 1.29 is 62.8 Å². The highest BCUT2D eigenvalue weighted by Crippen LogP contribution is 2.23. The van der Waals surface area contributed by atoms with Crippen LogP contribution in [0.4, 0.5) is 11.6 Å². The summed E-state index contributed by atoms with van der Waals surface area (Å²) in [6, 6.07) is 0.574. The Morgan fingerprint density at radius 1 is 0.654 bits per heavy atom. The fourth-order valence-corrected chi connectivity index (χ4v) is 6.48. The van der Waals surface area contributed by atoms with Crippen molar-refractivity contribution in [1.29, 1.82) is 0 Å². The van der Waals surface area contributed by atoms with Crippen LogP contribution in [-0.2, 0) is 38.0 Å². The molecule has 3 atom stereocenters. The van der Waals surface area contributed by atoms with Crippen molar-refractivity contribution in [2.45, 2.75) is 143 Å². The predicted octanol–water partition coefficient (Wildman–Crippen LogP) is 4.64. The first-order valence-electron chi connectivity index (χ1n) is 27.5. The molecule has 1 amide bonds. The fourth-order valence-electron chi connectivity index (χ4n) is 6.48. The van der Waals surface area contributed by atoms with Crippen molar-refractivity contribution in [3.63, 3.8) is 0 Å². The zero-order valence-electron chi connectivity index (χ0n) is 50.0. The molecule has 4 heterocycles. The van der Waals surface area contributed by atoms with Gasteiger partial charge in [0.2, 0.25) is 18.2 Å². The molecule has 2 fully saturated rings. The van der Waals surface area contributed by atoms with E-state index >= 15 is 0 Å². The molecule has 2 aliphatic rings. The lowest BCUT2D eigenvalue weighted by Gasteiger charge is -2.30. The van der Waals surface area contributed by atoms with Crippen LogP contribution in [0.3, 0.4) is 0 Å². The minimum Gasteiger partial charge on any atom is -0.474 e. The molecule has 0 saturated carbocycles. The van der Waals surface area contributed by atoms with Crippen LogP contribution >= 0.6 is 0 Å². The maximum absolute atomic E-state index is 8.58. The van der Waals surface area contributed by atoms with E-state index < -0.39 is 0 Å². The molecule has 14 N–H and O–H groups in total. The van der Waals surface area contributed by atoms with Gasteiger partial charge in [-0.3, -0.25) is 14.8 Å². The molecule has 2 aromatic heterocycles. The van der Waals surface area contributed by atoms with Crippen molar-refractivity contribution in [2.24, 2.45) is 22.9 Å². The highest BCUT2D eigenvalue weighted by atomic mass is 16.6. The molecule has 4 rings (SSSR count). The molecule has 2 aromatic rings. The first-order valence-corrected chi connectivity index (χ1v) is 27.5. The number of aliphatic hydroxyl groups is 3. The van der Waals surface area contributed by atoms with Gasteiger partial charge in [-0.1, -0.05) is 61.0 Å². The van der Waals surface area contributed by atoms with E-state index in [1.165, 1.54) is 12.8 Å². The van der Waals surface area contributed by atoms with Gasteiger partial charge in [-0.15, -0.1) is 0 Å². The molecule has 0 bridgehead atoms. The summed E-state index contributed by atoms with van der Waals surface area (Å²) in [5.74, 6) is 2.40. The number of hydrogen-bond acceptors (Lipinski definition) is 23. The second kappa shape index (κ2) is 72.6. The number of unbranched alkanes of at least 4 members (excludes halogenated alkanes) is 1. The first-order chi connectivity index (χ1) is 38.2. The summed E-state index contributed by atoms with van der Waals surface area (Å²) in [5.41, 5.74) is 22.6. The third-order valence-electron chi connectivity index (χ3n) is 9.74. The lowest BCUT2D eigenvalue weighted by atomic mass is 9.84. The van der Waals surface area contributed by atoms with Crippen LogP contribution in [0, 0.1) is 0 Å². The molecule has 2 aliphatic heterocycles. The Hall–Kier alpha value is -4.44. The average Bonchev–Trinajstić information content (AvgIpc) is 3.49. The number of aliphatic hydroxyl groups excluding tert-OH is 3. The van der Waals surface area contributed by atoms with E-state index in [9.17, 15) is 0 Å². The Morgan fingerprint density at radius 3 is 1.42 bits per heavy atom. The van der Waals surface area contributed by atoms with Gasteiger partial charge >= 0.3 is 0 Å². The molecule has 2 saturated heterocycles. The molecule has 0 radical (unpaired) electrons. The Kier molecular flexibility index (Phi) is 78.9. The van der Waals surface area contributed by atoms with Crippen molar-refractivity contribution in [2.75, 3.05) is 144 Å². The summed E-state index contributed by atoms with van der Waals surface area (Å²) in [6.45, 7) is 30.9. The number of amides is 1. The van der Waals surface area contributed by atoms with Gasteiger partial charge in [-0.2, -0.15) is 9.97 Å². The van der Waals surface area contributed by atoms with Gasteiger partial charge in [0.15, 0.2) is 0 Å². The van der Waals surface area contributed by atoms with Gasteiger partial charge in [0.25, 0.3) is 0 Å². The molecule has 0 spiro atoms.